The largest absolute Gasteiger partial charge is 0.483 e. The number of nitrogens with one attached hydrogen (secondary N) is 2. The maximum absolute atomic E-state index is 12.7. The molecular formula is C22H33N3O3. The summed E-state index contributed by atoms with van der Waals surface area (Å²) in [5.41, 5.74) is 3.32. The number of amides is 2. The van der Waals surface area contributed by atoms with Crippen LogP contribution in [0.3, 0.4) is 0 Å². The van der Waals surface area contributed by atoms with Crippen LogP contribution in [0, 0.1) is 26.7 Å². The number of hydrogen-bond acceptors (Lipinski definition) is 4. The molecule has 0 radical (unpaired) electrons. The van der Waals surface area contributed by atoms with Gasteiger partial charge in [0.25, 0.3) is 5.91 Å². The van der Waals surface area contributed by atoms with Gasteiger partial charge in [0.1, 0.15) is 5.75 Å². The highest BCUT2D eigenvalue weighted by Gasteiger charge is 2.26. The van der Waals surface area contributed by atoms with Gasteiger partial charge in [0.05, 0.1) is 6.04 Å². The van der Waals surface area contributed by atoms with Crippen molar-refractivity contribution in [2.45, 2.75) is 52.5 Å². The lowest BCUT2D eigenvalue weighted by Crippen LogP contribution is -2.47. The number of aryl methyl sites for hydroxylation is 3. The Balaban J connectivity index is 1.47. The van der Waals surface area contributed by atoms with Gasteiger partial charge in [-0.25, -0.2) is 0 Å². The van der Waals surface area contributed by atoms with E-state index in [0.717, 1.165) is 55.6 Å². The minimum atomic E-state index is -0.0456. The third-order valence-electron chi connectivity index (χ3n) is 5.76. The summed E-state index contributed by atoms with van der Waals surface area (Å²) in [7, 11) is 0. The van der Waals surface area contributed by atoms with Gasteiger partial charge in [-0.2, -0.15) is 0 Å². The van der Waals surface area contributed by atoms with Gasteiger partial charge < -0.3 is 20.3 Å². The molecule has 0 spiro atoms. The van der Waals surface area contributed by atoms with Crippen LogP contribution in [0.4, 0.5) is 0 Å². The Morgan fingerprint density at radius 1 is 1.18 bits per heavy atom. The Kier molecular flexibility index (Phi) is 6.94. The molecule has 28 heavy (non-hydrogen) atoms. The number of hydrogen-bond donors (Lipinski definition) is 2. The van der Waals surface area contributed by atoms with Crippen molar-refractivity contribution in [3.05, 3.63) is 28.8 Å². The van der Waals surface area contributed by atoms with Crippen LogP contribution in [0.15, 0.2) is 12.1 Å². The third kappa shape index (κ3) is 5.25. The zero-order chi connectivity index (χ0) is 20.1. The predicted octanol–water partition coefficient (Wildman–Crippen LogP) is 2.10. The number of rotatable bonds is 6. The molecule has 0 bridgehead atoms. The Labute approximate surface area is 168 Å². The van der Waals surface area contributed by atoms with Crippen molar-refractivity contribution in [2.24, 2.45) is 5.92 Å². The van der Waals surface area contributed by atoms with Crippen molar-refractivity contribution >= 4 is 11.8 Å². The van der Waals surface area contributed by atoms with Crippen molar-refractivity contribution in [1.29, 1.82) is 0 Å². The first kappa shape index (κ1) is 20.6. The Morgan fingerprint density at radius 3 is 2.61 bits per heavy atom. The van der Waals surface area contributed by atoms with Crippen LogP contribution in [-0.2, 0) is 9.59 Å². The molecule has 1 aromatic carbocycles. The quantitative estimate of drug-likeness (QED) is 0.784. The topological polar surface area (TPSA) is 70.7 Å². The lowest BCUT2D eigenvalue weighted by molar-refractivity contribution is -0.135. The molecule has 2 atom stereocenters. The average Bonchev–Trinajstić information content (AvgIpc) is 3.20. The molecule has 6 nitrogen and oxygen atoms in total. The van der Waals surface area contributed by atoms with E-state index in [1.54, 1.807) is 0 Å². The van der Waals surface area contributed by atoms with E-state index in [0.29, 0.717) is 19.0 Å². The molecule has 2 amide bonds. The first-order valence-electron chi connectivity index (χ1n) is 10.4. The minimum absolute atomic E-state index is 0.0212. The molecule has 2 N–H and O–H groups in total. The van der Waals surface area contributed by atoms with E-state index in [1.165, 1.54) is 5.56 Å². The molecule has 3 rings (SSSR count). The SMILES string of the molecule is Cc1cc(C)c(OCC(=O)N2CCCC(CNC(=O)C3CCCN3)C2)c(C)c1. The second kappa shape index (κ2) is 9.41. The van der Waals surface area contributed by atoms with Crippen molar-refractivity contribution in [1.82, 2.24) is 15.5 Å². The molecule has 2 aliphatic heterocycles. The van der Waals surface area contributed by atoms with Gasteiger partial charge in [-0.15, -0.1) is 0 Å². The molecule has 2 unspecified atom stereocenters. The van der Waals surface area contributed by atoms with Crippen LogP contribution in [-0.4, -0.2) is 55.5 Å². The maximum Gasteiger partial charge on any atom is 0.260 e. The van der Waals surface area contributed by atoms with Gasteiger partial charge in [-0.05, 0) is 70.0 Å². The average molecular weight is 388 g/mol. The first-order valence-corrected chi connectivity index (χ1v) is 10.4. The maximum atomic E-state index is 12.7. The summed E-state index contributed by atoms with van der Waals surface area (Å²) in [6.07, 6.45) is 3.98. The number of ether oxygens (including phenoxy) is 1. The molecule has 154 valence electrons. The van der Waals surface area contributed by atoms with Crippen molar-refractivity contribution in [3.8, 4) is 5.75 Å². The van der Waals surface area contributed by atoms with Gasteiger partial charge in [-0.1, -0.05) is 17.7 Å². The molecule has 0 aromatic heterocycles. The highest BCUT2D eigenvalue weighted by molar-refractivity contribution is 5.82. The summed E-state index contributed by atoms with van der Waals surface area (Å²) in [4.78, 5) is 26.7. The lowest BCUT2D eigenvalue weighted by Gasteiger charge is -2.33. The van der Waals surface area contributed by atoms with E-state index in [2.05, 4.69) is 29.7 Å². The molecule has 0 aliphatic carbocycles. The standard InChI is InChI=1S/C22H33N3O3/c1-15-10-16(2)21(17(3)11-15)28-14-20(26)25-9-5-6-18(13-25)12-24-22(27)19-7-4-8-23-19/h10-11,18-19,23H,4-9,12-14H2,1-3H3,(H,24,27). The molecule has 6 heteroatoms. The van der Waals surface area contributed by atoms with Gasteiger partial charge >= 0.3 is 0 Å². The summed E-state index contributed by atoms with van der Waals surface area (Å²) in [5, 5.41) is 6.28. The summed E-state index contributed by atoms with van der Waals surface area (Å²) in [6, 6.07) is 4.10. The highest BCUT2D eigenvalue weighted by atomic mass is 16.5. The Morgan fingerprint density at radius 2 is 1.93 bits per heavy atom. The molecule has 1 aromatic rings. The number of nitrogens with zero attached hydrogens (tertiary/aromatic N) is 1. The Hall–Kier alpha value is -2.08. The normalized spacial score (nSPS) is 22.2. The summed E-state index contributed by atoms with van der Waals surface area (Å²) in [6.45, 7) is 9.16. The fraction of sp³-hybridized carbons (Fsp3) is 0.636. The molecule has 2 aliphatic rings. The van der Waals surface area contributed by atoms with Crippen molar-refractivity contribution in [2.75, 3.05) is 32.8 Å². The van der Waals surface area contributed by atoms with Crippen molar-refractivity contribution < 1.29 is 14.3 Å². The zero-order valence-corrected chi connectivity index (χ0v) is 17.3. The van der Waals surface area contributed by atoms with E-state index >= 15 is 0 Å². The molecule has 2 fully saturated rings. The minimum Gasteiger partial charge on any atom is -0.483 e. The van der Waals surface area contributed by atoms with Gasteiger partial charge in [0.2, 0.25) is 5.91 Å². The van der Waals surface area contributed by atoms with Crippen molar-refractivity contribution in [3.63, 3.8) is 0 Å². The van der Waals surface area contributed by atoms with Gasteiger partial charge in [0, 0.05) is 19.6 Å². The smallest absolute Gasteiger partial charge is 0.260 e. The van der Waals surface area contributed by atoms with Crippen LogP contribution in [0.25, 0.3) is 0 Å². The highest BCUT2D eigenvalue weighted by Crippen LogP contribution is 2.25. The number of carbonyl (C=O) groups is 2. The predicted molar refractivity (Wildman–Crippen MR) is 109 cm³/mol. The number of benzene rings is 1. The lowest BCUT2D eigenvalue weighted by atomic mass is 9.97. The van der Waals surface area contributed by atoms with E-state index in [4.69, 9.17) is 4.74 Å². The first-order chi connectivity index (χ1) is 13.4. The number of piperidine rings is 1. The van der Waals surface area contributed by atoms with Crippen LogP contribution >= 0.6 is 0 Å². The number of carbonyl (C=O) groups excluding carboxylic acids is 2. The summed E-state index contributed by atoms with van der Waals surface area (Å²) in [5.74, 6) is 1.23. The second-order valence-electron chi connectivity index (χ2n) is 8.26. The van der Waals surface area contributed by atoms with E-state index in [1.807, 2.05) is 18.7 Å². The molecule has 2 heterocycles. The fourth-order valence-corrected chi connectivity index (χ4v) is 4.35. The van der Waals surface area contributed by atoms with E-state index in [-0.39, 0.29) is 24.5 Å². The summed E-state index contributed by atoms with van der Waals surface area (Å²) >= 11 is 0. The third-order valence-corrected chi connectivity index (χ3v) is 5.76. The monoisotopic (exact) mass is 387 g/mol. The van der Waals surface area contributed by atoms with Crippen LogP contribution in [0.2, 0.25) is 0 Å². The molecule has 2 saturated heterocycles. The fourth-order valence-electron chi connectivity index (χ4n) is 4.35. The van der Waals surface area contributed by atoms with Crippen LogP contribution < -0.4 is 15.4 Å². The molecular weight excluding hydrogens is 354 g/mol. The van der Waals surface area contributed by atoms with E-state index < -0.39 is 0 Å². The van der Waals surface area contributed by atoms with E-state index in [9.17, 15) is 9.59 Å². The zero-order valence-electron chi connectivity index (χ0n) is 17.3. The second-order valence-corrected chi connectivity index (χ2v) is 8.26. The van der Waals surface area contributed by atoms with Gasteiger partial charge in [0.15, 0.2) is 6.61 Å². The number of likely N-dealkylation sites (tertiary alicyclic amines) is 1. The van der Waals surface area contributed by atoms with Crippen LogP contribution in [0.1, 0.15) is 42.4 Å². The Bertz CT molecular complexity index is 690. The summed E-state index contributed by atoms with van der Waals surface area (Å²) < 4.78 is 5.87. The van der Waals surface area contributed by atoms with Crippen LogP contribution in [0.5, 0.6) is 5.75 Å². The molecule has 0 saturated carbocycles. The van der Waals surface area contributed by atoms with Gasteiger partial charge in [-0.3, -0.25) is 9.59 Å².